The Morgan fingerprint density at radius 1 is 0.970 bits per heavy atom. The summed E-state index contributed by atoms with van der Waals surface area (Å²) in [4.78, 5) is 17.5. The van der Waals surface area contributed by atoms with Crippen LogP contribution in [0.1, 0.15) is 22.8 Å². The molecule has 0 saturated carbocycles. The number of hydrogen-bond acceptors (Lipinski definition) is 6. The Hall–Kier alpha value is -2.62. The zero-order chi connectivity index (χ0) is 23.4. The van der Waals surface area contributed by atoms with Crippen molar-refractivity contribution < 1.29 is 22.7 Å². The maximum absolute atomic E-state index is 13.3. The SMILES string of the molecule is CCc1ccc(C(=O)N2CCN(c3ccc(OC)cc3)CC2)cc1S(=O)(=O)N1CCOCC1. The van der Waals surface area contributed by atoms with Crippen molar-refractivity contribution in [3.05, 3.63) is 53.6 Å². The maximum atomic E-state index is 13.3. The fourth-order valence-corrected chi connectivity index (χ4v) is 6.02. The first kappa shape index (κ1) is 23.5. The van der Waals surface area contributed by atoms with E-state index >= 15 is 0 Å². The molecule has 2 aromatic rings. The molecule has 4 rings (SSSR count). The van der Waals surface area contributed by atoms with Crippen molar-refractivity contribution >= 4 is 21.6 Å². The first-order valence-electron chi connectivity index (χ1n) is 11.3. The highest BCUT2D eigenvalue weighted by atomic mass is 32.2. The second-order valence-corrected chi connectivity index (χ2v) is 10.1. The number of carbonyl (C=O) groups excluding carboxylic acids is 1. The molecule has 2 aliphatic rings. The molecule has 2 heterocycles. The van der Waals surface area contributed by atoms with Crippen LogP contribution >= 0.6 is 0 Å². The number of amides is 1. The highest BCUT2D eigenvalue weighted by Crippen LogP contribution is 2.25. The van der Waals surface area contributed by atoms with E-state index in [2.05, 4.69) is 4.90 Å². The highest BCUT2D eigenvalue weighted by molar-refractivity contribution is 7.89. The molecular weight excluding hydrogens is 442 g/mol. The van der Waals surface area contributed by atoms with Crippen molar-refractivity contribution in [2.45, 2.75) is 18.2 Å². The number of benzene rings is 2. The molecule has 0 unspecified atom stereocenters. The molecule has 2 aromatic carbocycles. The molecule has 2 saturated heterocycles. The zero-order valence-corrected chi connectivity index (χ0v) is 20.0. The Bertz CT molecular complexity index is 1070. The molecule has 2 fully saturated rings. The molecular formula is C24H31N3O5S. The maximum Gasteiger partial charge on any atom is 0.254 e. The fraction of sp³-hybridized carbons (Fsp3) is 0.458. The van der Waals surface area contributed by atoms with Gasteiger partial charge in [-0.05, 0) is 48.4 Å². The first-order valence-corrected chi connectivity index (χ1v) is 12.8. The number of anilines is 1. The largest absolute Gasteiger partial charge is 0.497 e. The predicted octanol–water partition coefficient (Wildman–Crippen LogP) is 2.24. The standard InChI is InChI=1S/C24H31N3O5S/c1-3-19-4-5-20(18-23(19)33(29,30)27-14-16-32-17-15-27)24(28)26-12-10-25(11-13-26)21-6-8-22(31-2)9-7-21/h4-9,18H,3,10-17H2,1-2H3. The van der Waals surface area contributed by atoms with Crippen molar-refractivity contribution in [3.8, 4) is 5.75 Å². The summed E-state index contributed by atoms with van der Waals surface area (Å²) in [5, 5.41) is 0. The van der Waals surface area contributed by atoms with Crippen LogP contribution < -0.4 is 9.64 Å². The van der Waals surface area contributed by atoms with E-state index in [4.69, 9.17) is 9.47 Å². The van der Waals surface area contributed by atoms with Crippen molar-refractivity contribution in [1.29, 1.82) is 0 Å². The van der Waals surface area contributed by atoms with E-state index in [0.717, 1.165) is 17.0 Å². The highest BCUT2D eigenvalue weighted by Gasteiger charge is 2.30. The van der Waals surface area contributed by atoms with Crippen LogP contribution in [0.2, 0.25) is 0 Å². The van der Waals surface area contributed by atoms with Crippen LogP contribution in [-0.2, 0) is 21.2 Å². The van der Waals surface area contributed by atoms with E-state index in [-0.39, 0.29) is 10.8 Å². The van der Waals surface area contributed by atoms with Crippen molar-refractivity contribution in [2.75, 3.05) is 64.5 Å². The summed E-state index contributed by atoms with van der Waals surface area (Å²) in [5.74, 6) is 0.677. The molecule has 0 atom stereocenters. The lowest BCUT2D eigenvalue weighted by Gasteiger charge is -2.36. The second-order valence-electron chi connectivity index (χ2n) is 8.17. The Morgan fingerprint density at radius 3 is 2.24 bits per heavy atom. The number of nitrogens with zero attached hydrogens (tertiary/aromatic N) is 3. The number of ether oxygens (including phenoxy) is 2. The lowest BCUT2D eigenvalue weighted by Crippen LogP contribution is -2.48. The molecule has 8 nitrogen and oxygen atoms in total. The Morgan fingerprint density at radius 2 is 1.64 bits per heavy atom. The molecule has 0 spiro atoms. The molecule has 0 radical (unpaired) electrons. The van der Waals surface area contributed by atoms with Gasteiger partial charge < -0.3 is 19.3 Å². The van der Waals surface area contributed by atoms with Crippen LogP contribution in [0.25, 0.3) is 0 Å². The summed E-state index contributed by atoms with van der Waals surface area (Å²) >= 11 is 0. The van der Waals surface area contributed by atoms with Crippen molar-refractivity contribution in [1.82, 2.24) is 9.21 Å². The summed E-state index contributed by atoms with van der Waals surface area (Å²) in [6, 6.07) is 13.0. The molecule has 33 heavy (non-hydrogen) atoms. The van der Waals surface area contributed by atoms with Crippen LogP contribution in [0.15, 0.2) is 47.4 Å². The topological polar surface area (TPSA) is 79.4 Å². The molecule has 0 aliphatic carbocycles. The van der Waals surface area contributed by atoms with Gasteiger partial charge in [0, 0.05) is 50.5 Å². The molecule has 9 heteroatoms. The van der Waals surface area contributed by atoms with Gasteiger partial charge in [-0.1, -0.05) is 13.0 Å². The zero-order valence-electron chi connectivity index (χ0n) is 19.2. The minimum absolute atomic E-state index is 0.134. The average Bonchev–Trinajstić information content (AvgIpc) is 2.88. The van der Waals surface area contributed by atoms with Gasteiger partial charge in [0.25, 0.3) is 5.91 Å². The number of sulfonamides is 1. The summed E-state index contributed by atoms with van der Waals surface area (Å²) < 4.78 is 38.6. The molecule has 1 amide bonds. The van der Waals surface area contributed by atoms with Gasteiger partial charge in [0.15, 0.2) is 0 Å². The van der Waals surface area contributed by atoms with Gasteiger partial charge in [-0.3, -0.25) is 4.79 Å². The molecule has 2 aliphatic heterocycles. The second kappa shape index (κ2) is 10.1. The third-order valence-corrected chi connectivity index (χ3v) is 8.27. The third-order valence-electron chi connectivity index (χ3n) is 6.29. The summed E-state index contributed by atoms with van der Waals surface area (Å²) in [6.45, 7) is 5.93. The molecule has 178 valence electrons. The Kier molecular flexibility index (Phi) is 7.21. The van der Waals surface area contributed by atoms with Gasteiger partial charge in [0.2, 0.25) is 10.0 Å². The van der Waals surface area contributed by atoms with Gasteiger partial charge in [0.05, 0.1) is 25.2 Å². The molecule has 0 N–H and O–H groups in total. The molecule has 0 aromatic heterocycles. The van der Waals surface area contributed by atoms with Crippen LogP contribution in [0.4, 0.5) is 5.69 Å². The van der Waals surface area contributed by atoms with Crippen LogP contribution in [0.5, 0.6) is 5.75 Å². The third kappa shape index (κ3) is 5.00. The Labute approximate surface area is 195 Å². The first-order chi connectivity index (χ1) is 15.9. The van der Waals surface area contributed by atoms with E-state index in [9.17, 15) is 13.2 Å². The number of aryl methyl sites for hydroxylation is 1. The smallest absolute Gasteiger partial charge is 0.254 e. The van der Waals surface area contributed by atoms with E-state index in [1.807, 2.05) is 31.2 Å². The van der Waals surface area contributed by atoms with Crippen molar-refractivity contribution in [2.24, 2.45) is 0 Å². The van der Waals surface area contributed by atoms with Crippen molar-refractivity contribution in [3.63, 3.8) is 0 Å². The van der Waals surface area contributed by atoms with Crippen LogP contribution in [0, 0.1) is 0 Å². The monoisotopic (exact) mass is 473 g/mol. The summed E-state index contributed by atoms with van der Waals surface area (Å²) in [6.07, 6.45) is 0.577. The minimum atomic E-state index is -3.68. The Balaban J connectivity index is 1.49. The van der Waals surface area contributed by atoms with Gasteiger partial charge in [-0.2, -0.15) is 4.31 Å². The van der Waals surface area contributed by atoms with E-state index in [1.54, 1.807) is 30.2 Å². The predicted molar refractivity (Wildman–Crippen MR) is 127 cm³/mol. The lowest BCUT2D eigenvalue weighted by atomic mass is 10.1. The summed E-state index contributed by atoms with van der Waals surface area (Å²) in [5.41, 5.74) is 2.23. The van der Waals surface area contributed by atoms with E-state index < -0.39 is 10.0 Å². The van der Waals surface area contributed by atoms with Gasteiger partial charge in [-0.15, -0.1) is 0 Å². The van der Waals surface area contributed by atoms with Gasteiger partial charge >= 0.3 is 0 Å². The number of carbonyl (C=O) groups is 1. The van der Waals surface area contributed by atoms with Gasteiger partial charge in [-0.25, -0.2) is 8.42 Å². The number of methoxy groups -OCH3 is 1. The van der Waals surface area contributed by atoms with Crippen LogP contribution in [-0.4, -0.2) is 83.1 Å². The number of piperazine rings is 1. The number of morpholine rings is 1. The van der Waals surface area contributed by atoms with E-state index in [1.165, 1.54) is 4.31 Å². The average molecular weight is 474 g/mol. The normalized spacial score (nSPS) is 17.8. The lowest BCUT2D eigenvalue weighted by molar-refractivity contribution is 0.0729. The molecule has 0 bridgehead atoms. The van der Waals surface area contributed by atoms with Gasteiger partial charge in [0.1, 0.15) is 5.75 Å². The minimum Gasteiger partial charge on any atom is -0.497 e. The van der Waals surface area contributed by atoms with E-state index in [0.29, 0.717) is 64.5 Å². The number of rotatable bonds is 6. The quantitative estimate of drug-likeness (QED) is 0.640. The van der Waals surface area contributed by atoms with Crippen LogP contribution in [0.3, 0.4) is 0 Å². The fourth-order valence-electron chi connectivity index (χ4n) is 4.29. The summed E-state index contributed by atoms with van der Waals surface area (Å²) in [7, 11) is -2.04. The number of hydrogen-bond donors (Lipinski definition) is 0.